The van der Waals surface area contributed by atoms with Crippen LogP contribution in [0.2, 0.25) is 0 Å². The molecule has 0 heterocycles. The molecule has 0 unspecified atom stereocenters. The molecule has 19 heavy (non-hydrogen) atoms. The number of benzene rings is 1. The van der Waals surface area contributed by atoms with Gasteiger partial charge in [-0.15, -0.1) is 12.4 Å². The lowest BCUT2D eigenvalue weighted by atomic mass is 9.93. The highest BCUT2D eigenvalue weighted by molar-refractivity contribution is 14.1. The first-order chi connectivity index (χ1) is 8.26. The standard InChI is InChI=1S/C14H21IN2O.ClH/c1-10-5-6-12(15)11(7-10)13(18)17(4)9-14(2,3)8-16;/h5-7H,8-9,16H2,1-4H3;1H. The van der Waals surface area contributed by atoms with Crippen LogP contribution in [-0.2, 0) is 0 Å². The lowest BCUT2D eigenvalue weighted by Crippen LogP contribution is -2.40. The van der Waals surface area contributed by atoms with Crippen LogP contribution in [0.25, 0.3) is 0 Å². The molecule has 0 bridgehead atoms. The summed E-state index contributed by atoms with van der Waals surface area (Å²) in [5.41, 5.74) is 7.52. The Morgan fingerprint density at radius 2 is 2.00 bits per heavy atom. The van der Waals surface area contributed by atoms with Gasteiger partial charge in [0.15, 0.2) is 0 Å². The molecule has 0 aliphatic rings. The molecular weight excluding hydrogens is 375 g/mol. The molecule has 0 spiro atoms. The number of hydrogen-bond acceptors (Lipinski definition) is 2. The summed E-state index contributed by atoms with van der Waals surface area (Å²) >= 11 is 2.20. The summed E-state index contributed by atoms with van der Waals surface area (Å²) in [6, 6.07) is 5.93. The van der Waals surface area contributed by atoms with E-state index in [1.807, 2.05) is 32.2 Å². The number of nitrogens with two attached hydrogens (primary N) is 1. The maximum Gasteiger partial charge on any atom is 0.254 e. The summed E-state index contributed by atoms with van der Waals surface area (Å²) < 4.78 is 0.987. The molecule has 2 N–H and O–H groups in total. The molecule has 5 heteroatoms. The number of amides is 1. The predicted molar refractivity (Wildman–Crippen MR) is 90.9 cm³/mol. The van der Waals surface area contributed by atoms with Crippen molar-refractivity contribution in [2.24, 2.45) is 11.1 Å². The molecule has 0 aromatic heterocycles. The maximum absolute atomic E-state index is 12.4. The van der Waals surface area contributed by atoms with Crippen LogP contribution >= 0.6 is 35.0 Å². The summed E-state index contributed by atoms with van der Waals surface area (Å²) in [7, 11) is 1.83. The normalized spacial score (nSPS) is 10.8. The lowest BCUT2D eigenvalue weighted by Gasteiger charge is -2.29. The number of carbonyl (C=O) groups excluding carboxylic acids is 1. The van der Waals surface area contributed by atoms with Gasteiger partial charge < -0.3 is 10.6 Å². The topological polar surface area (TPSA) is 46.3 Å². The van der Waals surface area contributed by atoms with Gasteiger partial charge >= 0.3 is 0 Å². The van der Waals surface area contributed by atoms with E-state index in [9.17, 15) is 4.79 Å². The van der Waals surface area contributed by atoms with Crippen LogP contribution < -0.4 is 5.73 Å². The van der Waals surface area contributed by atoms with Gasteiger partial charge in [0.2, 0.25) is 0 Å². The van der Waals surface area contributed by atoms with Gasteiger partial charge in [-0.25, -0.2) is 0 Å². The zero-order chi connectivity index (χ0) is 13.9. The van der Waals surface area contributed by atoms with Crippen LogP contribution in [0.1, 0.15) is 29.8 Å². The van der Waals surface area contributed by atoms with Gasteiger partial charge in [-0.1, -0.05) is 25.5 Å². The quantitative estimate of drug-likeness (QED) is 0.795. The summed E-state index contributed by atoms with van der Waals surface area (Å²) in [6.07, 6.45) is 0. The minimum absolute atomic E-state index is 0. The fraction of sp³-hybridized carbons (Fsp3) is 0.500. The second-order valence-electron chi connectivity index (χ2n) is 5.51. The van der Waals surface area contributed by atoms with E-state index in [0.29, 0.717) is 13.1 Å². The summed E-state index contributed by atoms with van der Waals surface area (Å²) in [6.45, 7) is 7.36. The summed E-state index contributed by atoms with van der Waals surface area (Å²) in [5.74, 6) is 0.0598. The van der Waals surface area contributed by atoms with E-state index in [4.69, 9.17) is 5.73 Å². The highest BCUT2D eigenvalue weighted by atomic mass is 127. The Hall–Kier alpha value is -0.330. The summed E-state index contributed by atoms with van der Waals surface area (Å²) in [4.78, 5) is 14.1. The minimum atomic E-state index is -0.0559. The molecule has 0 aliphatic carbocycles. The van der Waals surface area contributed by atoms with Gasteiger partial charge in [-0.05, 0) is 53.6 Å². The van der Waals surface area contributed by atoms with Crippen molar-refractivity contribution in [2.75, 3.05) is 20.1 Å². The second-order valence-corrected chi connectivity index (χ2v) is 6.68. The molecule has 1 amide bonds. The van der Waals surface area contributed by atoms with Crippen LogP contribution in [0, 0.1) is 15.9 Å². The number of halogens is 2. The van der Waals surface area contributed by atoms with Crippen LogP contribution in [-0.4, -0.2) is 30.9 Å². The van der Waals surface area contributed by atoms with Crippen molar-refractivity contribution >= 4 is 40.9 Å². The van der Waals surface area contributed by atoms with Crippen molar-refractivity contribution in [1.29, 1.82) is 0 Å². The van der Waals surface area contributed by atoms with Gasteiger partial charge in [0.05, 0.1) is 5.56 Å². The van der Waals surface area contributed by atoms with E-state index in [1.165, 1.54) is 0 Å². The average molecular weight is 397 g/mol. The van der Waals surface area contributed by atoms with Gasteiger partial charge in [0, 0.05) is 17.2 Å². The first kappa shape index (κ1) is 18.7. The summed E-state index contributed by atoms with van der Waals surface area (Å²) in [5, 5.41) is 0. The third kappa shape index (κ3) is 5.28. The highest BCUT2D eigenvalue weighted by Crippen LogP contribution is 2.19. The van der Waals surface area contributed by atoms with E-state index in [2.05, 4.69) is 36.4 Å². The Morgan fingerprint density at radius 1 is 1.42 bits per heavy atom. The third-order valence-electron chi connectivity index (χ3n) is 2.92. The molecule has 108 valence electrons. The van der Waals surface area contributed by atoms with E-state index in [1.54, 1.807) is 4.90 Å². The molecule has 1 rings (SSSR count). The van der Waals surface area contributed by atoms with Crippen LogP contribution in [0.4, 0.5) is 0 Å². The first-order valence-electron chi connectivity index (χ1n) is 5.98. The Labute approximate surface area is 135 Å². The van der Waals surface area contributed by atoms with Crippen LogP contribution in [0.15, 0.2) is 18.2 Å². The van der Waals surface area contributed by atoms with E-state index >= 15 is 0 Å². The zero-order valence-corrected chi connectivity index (χ0v) is 14.8. The number of carbonyl (C=O) groups is 1. The van der Waals surface area contributed by atoms with Crippen molar-refractivity contribution in [3.8, 4) is 0 Å². The number of nitrogens with zero attached hydrogens (tertiary/aromatic N) is 1. The largest absolute Gasteiger partial charge is 0.341 e. The van der Waals surface area contributed by atoms with Gasteiger partial charge in [0.1, 0.15) is 0 Å². The zero-order valence-electron chi connectivity index (χ0n) is 11.9. The number of hydrogen-bond donors (Lipinski definition) is 1. The lowest BCUT2D eigenvalue weighted by molar-refractivity contribution is 0.0739. The van der Waals surface area contributed by atoms with Crippen molar-refractivity contribution in [3.05, 3.63) is 32.9 Å². The van der Waals surface area contributed by atoms with Crippen LogP contribution in [0.5, 0.6) is 0 Å². The maximum atomic E-state index is 12.4. The fourth-order valence-electron chi connectivity index (χ4n) is 1.79. The third-order valence-corrected chi connectivity index (χ3v) is 3.86. The molecule has 0 fully saturated rings. The molecule has 3 nitrogen and oxygen atoms in total. The van der Waals surface area contributed by atoms with Gasteiger partial charge in [0.25, 0.3) is 5.91 Å². The SMILES string of the molecule is Cc1ccc(I)c(C(=O)N(C)CC(C)(C)CN)c1.Cl. The van der Waals surface area contributed by atoms with Crippen molar-refractivity contribution in [1.82, 2.24) is 4.90 Å². The van der Waals surface area contributed by atoms with Crippen LogP contribution in [0.3, 0.4) is 0 Å². The van der Waals surface area contributed by atoms with E-state index < -0.39 is 0 Å². The van der Waals surface area contributed by atoms with Crippen molar-refractivity contribution in [3.63, 3.8) is 0 Å². The molecule has 0 saturated heterocycles. The van der Waals surface area contributed by atoms with Gasteiger partial charge in [-0.2, -0.15) is 0 Å². The molecule has 0 radical (unpaired) electrons. The molecule has 0 aliphatic heterocycles. The Morgan fingerprint density at radius 3 is 2.53 bits per heavy atom. The van der Waals surface area contributed by atoms with Crippen molar-refractivity contribution < 1.29 is 4.79 Å². The van der Waals surface area contributed by atoms with Crippen molar-refractivity contribution in [2.45, 2.75) is 20.8 Å². The smallest absolute Gasteiger partial charge is 0.254 e. The van der Waals surface area contributed by atoms with Gasteiger partial charge in [-0.3, -0.25) is 4.79 Å². The highest BCUT2D eigenvalue weighted by Gasteiger charge is 2.22. The van der Waals surface area contributed by atoms with E-state index in [-0.39, 0.29) is 23.7 Å². The Balaban J connectivity index is 0.00000324. The van der Waals surface area contributed by atoms with E-state index in [0.717, 1.165) is 14.7 Å². The molecule has 1 aromatic rings. The Kier molecular flexibility index (Phi) is 7.32. The minimum Gasteiger partial charge on any atom is -0.341 e. The second kappa shape index (κ2) is 7.45. The monoisotopic (exact) mass is 396 g/mol. The first-order valence-corrected chi connectivity index (χ1v) is 7.06. The molecular formula is C14H22ClIN2O. The molecule has 0 saturated carbocycles. The number of rotatable bonds is 4. The predicted octanol–water partition coefficient (Wildman–Crippen LogP) is 3.08. The number of aryl methyl sites for hydroxylation is 1. The fourth-order valence-corrected chi connectivity index (χ4v) is 2.35. The molecule has 1 aromatic carbocycles. The average Bonchev–Trinajstić information content (AvgIpc) is 2.31. The Bertz CT molecular complexity index is 449. The molecule has 0 atom stereocenters.